The van der Waals surface area contributed by atoms with Crippen LogP contribution in [0.5, 0.6) is 0 Å². The molecule has 1 aliphatic carbocycles. The van der Waals surface area contributed by atoms with Crippen molar-refractivity contribution in [2.75, 3.05) is 13.6 Å². The molecule has 0 aliphatic heterocycles. The fourth-order valence-corrected chi connectivity index (χ4v) is 2.17. The maximum absolute atomic E-state index is 6.10. The van der Waals surface area contributed by atoms with Crippen molar-refractivity contribution in [2.24, 2.45) is 0 Å². The molecule has 2 nitrogen and oxygen atoms in total. The average Bonchev–Trinajstić information content (AvgIpc) is 2.45. The van der Waals surface area contributed by atoms with Gasteiger partial charge >= 0.3 is 0 Å². The van der Waals surface area contributed by atoms with Crippen LogP contribution >= 0.6 is 0 Å². The van der Waals surface area contributed by atoms with E-state index in [1.807, 2.05) is 7.05 Å². The summed E-state index contributed by atoms with van der Waals surface area (Å²) in [6.45, 7) is 3.20. The molecule has 0 bridgehead atoms. The quantitative estimate of drug-likeness (QED) is 0.687. The van der Waals surface area contributed by atoms with E-state index in [-0.39, 0.29) is 0 Å². The summed E-state index contributed by atoms with van der Waals surface area (Å²) in [5.74, 6) is 0. The molecule has 2 heteroatoms. The molecule has 1 rings (SSSR count). The number of ether oxygens (including phenoxy) is 1. The molecule has 1 aliphatic rings. The first-order chi connectivity index (χ1) is 6.86. The number of likely N-dealkylation sites (N-methyl/N-ethyl adjacent to an activating group) is 1. The van der Waals surface area contributed by atoms with Gasteiger partial charge in [0.05, 0.1) is 12.2 Å². The number of rotatable bonds is 5. The van der Waals surface area contributed by atoms with Gasteiger partial charge in [0.2, 0.25) is 0 Å². The van der Waals surface area contributed by atoms with Crippen molar-refractivity contribution in [3.05, 3.63) is 0 Å². The first kappa shape index (κ1) is 12.0. The third-order valence-electron chi connectivity index (χ3n) is 3.07. The van der Waals surface area contributed by atoms with Gasteiger partial charge in [-0.05, 0) is 26.3 Å². The summed E-state index contributed by atoms with van der Waals surface area (Å²) in [6, 6.07) is 0. The lowest BCUT2D eigenvalue weighted by molar-refractivity contribution is -0.0191. The van der Waals surface area contributed by atoms with Crippen molar-refractivity contribution < 1.29 is 4.74 Å². The molecule has 1 atom stereocenters. The third kappa shape index (κ3) is 4.43. The van der Waals surface area contributed by atoms with Gasteiger partial charge in [0.25, 0.3) is 0 Å². The molecule has 0 amide bonds. The second-order valence-electron chi connectivity index (χ2n) is 4.34. The Hall–Kier alpha value is -0.0800. The number of nitrogens with one attached hydrogen (secondary N) is 1. The molecule has 1 saturated carbocycles. The molecular formula is C12H25NO. The van der Waals surface area contributed by atoms with Gasteiger partial charge in [-0.1, -0.05) is 32.6 Å². The van der Waals surface area contributed by atoms with E-state index in [0.29, 0.717) is 12.2 Å². The molecule has 0 saturated heterocycles. The first-order valence-electron chi connectivity index (χ1n) is 6.17. The van der Waals surface area contributed by atoms with E-state index in [1.54, 1.807) is 0 Å². The Morgan fingerprint density at radius 2 is 1.86 bits per heavy atom. The lowest BCUT2D eigenvalue weighted by Crippen LogP contribution is -2.30. The highest BCUT2D eigenvalue weighted by molar-refractivity contribution is 4.67. The smallest absolute Gasteiger partial charge is 0.0700 e. The maximum Gasteiger partial charge on any atom is 0.0700 e. The van der Waals surface area contributed by atoms with Gasteiger partial charge in [0.1, 0.15) is 0 Å². The summed E-state index contributed by atoms with van der Waals surface area (Å²) in [5, 5.41) is 3.20. The lowest BCUT2D eigenvalue weighted by atomic mass is 10.1. The molecule has 84 valence electrons. The fourth-order valence-electron chi connectivity index (χ4n) is 2.17. The van der Waals surface area contributed by atoms with Crippen LogP contribution in [0.2, 0.25) is 0 Å². The zero-order valence-electron chi connectivity index (χ0n) is 9.72. The van der Waals surface area contributed by atoms with Crippen LogP contribution < -0.4 is 5.32 Å². The van der Waals surface area contributed by atoms with E-state index in [9.17, 15) is 0 Å². The molecule has 0 aromatic heterocycles. The van der Waals surface area contributed by atoms with Crippen molar-refractivity contribution >= 4 is 0 Å². The molecule has 0 heterocycles. The second kappa shape index (κ2) is 7.24. The summed E-state index contributed by atoms with van der Waals surface area (Å²) >= 11 is 0. The van der Waals surface area contributed by atoms with E-state index in [2.05, 4.69) is 12.2 Å². The summed E-state index contributed by atoms with van der Waals surface area (Å²) in [6.07, 6.45) is 10.2. The van der Waals surface area contributed by atoms with E-state index >= 15 is 0 Å². The lowest BCUT2D eigenvalue weighted by Gasteiger charge is -2.22. The minimum absolute atomic E-state index is 0.420. The zero-order chi connectivity index (χ0) is 10.2. The molecule has 1 fully saturated rings. The van der Waals surface area contributed by atoms with E-state index in [1.165, 1.54) is 38.5 Å². The highest BCUT2D eigenvalue weighted by atomic mass is 16.5. The Morgan fingerprint density at radius 3 is 2.36 bits per heavy atom. The predicted molar refractivity (Wildman–Crippen MR) is 60.6 cm³/mol. The molecule has 1 N–H and O–H groups in total. The summed E-state index contributed by atoms with van der Waals surface area (Å²) in [5.41, 5.74) is 0. The van der Waals surface area contributed by atoms with Gasteiger partial charge in [-0.15, -0.1) is 0 Å². The largest absolute Gasteiger partial charge is 0.374 e. The molecule has 0 radical (unpaired) electrons. The van der Waals surface area contributed by atoms with Crippen molar-refractivity contribution in [2.45, 2.75) is 64.1 Å². The van der Waals surface area contributed by atoms with Gasteiger partial charge in [0, 0.05) is 6.54 Å². The molecule has 0 aromatic carbocycles. The minimum atomic E-state index is 0.420. The highest BCUT2D eigenvalue weighted by Crippen LogP contribution is 2.21. The van der Waals surface area contributed by atoms with Crippen LogP contribution in [0, 0.1) is 0 Å². The summed E-state index contributed by atoms with van der Waals surface area (Å²) < 4.78 is 6.10. The monoisotopic (exact) mass is 199 g/mol. The third-order valence-corrected chi connectivity index (χ3v) is 3.07. The van der Waals surface area contributed by atoms with Crippen molar-refractivity contribution in [3.8, 4) is 0 Å². The van der Waals surface area contributed by atoms with E-state index < -0.39 is 0 Å². The van der Waals surface area contributed by atoms with Crippen LogP contribution in [-0.4, -0.2) is 25.8 Å². The SMILES string of the molecule is CCC(CNC)OC1CCCCCC1. The molecule has 0 spiro atoms. The van der Waals surface area contributed by atoms with E-state index in [4.69, 9.17) is 4.74 Å². The Morgan fingerprint density at radius 1 is 1.21 bits per heavy atom. The van der Waals surface area contributed by atoms with E-state index in [0.717, 1.165) is 13.0 Å². The standard InChI is InChI=1S/C12H25NO/c1-3-11(10-13-2)14-12-8-6-4-5-7-9-12/h11-13H,3-10H2,1-2H3. The van der Waals surface area contributed by atoms with Crippen LogP contribution in [-0.2, 0) is 4.74 Å². The zero-order valence-corrected chi connectivity index (χ0v) is 9.72. The van der Waals surface area contributed by atoms with Gasteiger partial charge in [-0.3, -0.25) is 0 Å². The number of hydrogen-bond donors (Lipinski definition) is 1. The van der Waals surface area contributed by atoms with Gasteiger partial charge < -0.3 is 10.1 Å². The minimum Gasteiger partial charge on any atom is -0.374 e. The molecular weight excluding hydrogens is 174 g/mol. The summed E-state index contributed by atoms with van der Waals surface area (Å²) in [4.78, 5) is 0. The topological polar surface area (TPSA) is 21.3 Å². The fraction of sp³-hybridized carbons (Fsp3) is 1.00. The average molecular weight is 199 g/mol. The van der Waals surface area contributed by atoms with Crippen molar-refractivity contribution in [3.63, 3.8) is 0 Å². The van der Waals surface area contributed by atoms with Crippen LogP contribution in [0.25, 0.3) is 0 Å². The Bertz CT molecular complexity index is 130. The highest BCUT2D eigenvalue weighted by Gasteiger charge is 2.16. The molecule has 0 aromatic rings. The van der Waals surface area contributed by atoms with Gasteiger partial charge in [0.15, 0.2) is 0 Å². The van der Waals surface area contributed by atoms with Crippen LogP contribution in [0.1, 0.15) is 51.9 Å². The second-order valence-corrected chi connectivity index (χ2v) is 4.34. The number of hydrogen-bond acceptors (Lipinski definition) is 2. The normalized spacial score (nSPS) is 21.9. The summed E-state index contributed by atoms with van der Waals surface area (Å²) in [7, 11) is 2.00. The van der Waals surface area contributed by atoms with Crippen LogP contribution in [0.3, 0.4) is 0 Å². The van der Waals surface area contributed by atoms with Crippen molar-refractivity contribution in [1.82, 2.24) is 5.32 Å². The predicted octanol–water partition coefficient (Wildman–Crippen LogP) is 2.72. The Labute approximate surface area is 88.4 Å². The van der Waals surface area contributed by atoms with Crippen LogP contribution in [0.4, 0.5) is 0 Å². The Balaban J connectivity index is 2.24. The Kier molecular flexibility index (Phi) is 6.20. The molecule has 1 unspecified atom stereocenters. The van der Waals surface area contributed by atoms with Crippen LogP contribution in [0.15, 0.2) is 0 Å². The van der Waals surface area contributed by atoms with Gasteiger partial charge in [-0.2, -0.15) is 0 Å². The van der Waals surface area contributed by atoms with Gasteiger partial charge in [-0.25, -0.2) is 0 Å². The maximum atomic E-state index is 6.10. The molecule has 14 heavy (non-hydrogen) atoms. The first-order valence-corrected chi connectivity index (χ1v) is 6.17. The van der Waals surface area contributed by atoms with Crippen molar-refractivity contribution in [1.29, 1.82) is 0 Å².